The van der Waals surface area contributed by atoms with Gasteiger partial charge in [-0.25, -0.2) is 4.98 Å². The first kappa shape index (κ1) is 19.9. The van der Waals surface area contributed by atoms with E-state index in [4.69, 9.17) is 0 Å². The zero-order valence-electron chi connectivity index (χ0n) is 16.6. The van der Waals surface area contributed by atoms with Gasteiger partial charge in [-0.15, -0.1) is 21.5 Å². The van der Waals surface area contributed by atoms with Crippen molar-refractivity contribution in [2.45, 2.75) is 25.5 Å². The molecule has 29 heavy (non-hydrogen) atoms. The smallest absolute Gasteiger partial charge is 0.233 e. The van der Waals surface area contributed by atoms with E-state index < -0.39 is 0 Å². The van der Waals surface area contributed by atoms with E-state index >= 15 is 0 Å². The van der Waals surface area contributed by atoms with Crippen LogP contribution in [0, 0.1) is 6.92 Å². The van der Waals surface area contributed by atoms with Gasteiger partial charge in [0.15, 0.2) is 16.1 Å². The number of thiazole rings is 1. The Morgan fingerprint density at radius 3 is 2.66 bits per heavy atom. The number of amides is 1. The molecule has 0 bridgehead atoms. The largest absolute Gasteiger partial charge is 0.345 e. The molecule has 1 aliphatic heterocycles. The Kier molecular flexibility index (Phi) is 6.15. The fourth-order valence-corrected chi connectivity index (χ4v) is 5.04. The van der Waals surface area contributed by atoms with Gasteiger partial charge in [-0.3, -0.25) is 4.79 Å². The highest BCUT2D eigenvalue weighted by molar-refractivity contribution is 7.99. The average molecular weight is 429 g/mol. The first-order valence-electron chi connectivity index (χ1n) is 9.71. The Labute approximate surface area is 178 Å². The number of nitrogens with zero attached hydrogens (tertiary/aromatic N) is 6. The van der Waals surface area contributed by atoms with E-state index in [0.717, 1.165) is 54.4 Å². The summed E-state index contributed by atoms with van der Waals surface area (Å²) in [6, 6.07) is 8.17. The van der Waals surface area contributed by atoms with Crippen molar-refractivity contribution in [3.8, 4) is 11.4 Å². The molecule has 152 valence electrons. The second-order valence-corrected chi connectivity index (χ2v) is 8.65. The van der Waals surface area contributed by atoms with Crippen molar-refractivity contribution < 1.29 is 4.79 Å². The molecule has 0 radical (unpaired) electrons. The fourth-order valence-electron chi connectivity index (χ4n) is 3.44. The number of hydrogen-bond acceptors (Lipinski definition) is 7. The van der Waals surface area contributed by atoms with E-state index in [1.807, 2.05) is 28.6 Å². The highest BCUT2D eigenvalue weighted by Gasteiger charge is 2.23. The van der Waals surface area contributed by atoms with Gasteiger partial charge < -0.3 is 14.4 Å². The summed E-state index contributed by atoms with van der Waals surface area (Å²) in [5.74, 6) is 1.39. The molecule has 1 amide bonds. The minimum Gasteiger partial charge on any atom is -0.345 e. The van der Waals surface area contributed by atoms with Crippen LogP contribution in [-0.4, -0.2) is 62.5 Å². The monoisotopic (exact) mass is 428 g/mol. The summed E-state index contributed by atoms with van der Waals surface area (Å²) in [6.45, 7) is 8.03. The van der Waals surface area contributed by atoms with Gasteiger partial charge in [0.1, 0.15) is 0 Å². The summed E-state index contributed by atoms with van der Waals surface area (Å²) in [5, 5.41) is 12.6. The first-order chi connectivity index (χ1) is 14.2. The third kappa shape index (κ3) is 4.30. The van der Waals surface area contributed by atoms with Crippen LogP contribution in [0.2, 0.25) is 0 Å². The van der Waals surface area contributed by atoms with Crippen molar-refractivity contribution >= 4 is 34.1 Å². The second kappa shape index (κ2) is 8.96. The molecule has 1 saturated heterocycles. The molecule has 3 aromatic rings. The Balaban J connectivity index is 1.37. The van der Waals surface area contributed by atoms with Crippen LogP contribution in [0.15, 0.2) is 41.0 Å². The summed E-state index contributed by atoms with van der Waals surface area (Å²) in [5.41, 5.74) is 2.25. The minimum absolute atomic E-state index is 0.150. The summed E-state index contributed by atoms with van der Waals surface area (Å²) in [4.78, 5) is 21.2. The normalized spacial score (nSPS) is 14.4. The Morgan fingerprint density at radius 1 is 1.17 bits per heavy atom. The zero-order valence-corrected chi connectivity index (χ0v) is 18.2. The molecular formula is C20H24N6OS2. The quantitative estimate of drug-likeness (QED) is 0.562. The molecule has 0 atom stereocenters. The van der Waals surface area contributed by atoms with Crippen LogP contribution in [-0.2, 0) is 11.3 Å². The highest BCUT2D eigenvalue weighted by atomic mass is 32.2. The molecule has 0 unspecified atom stereocenters. The maximum atomic E-state index is 12.7. The molecule has 9 heteroatoms. The number of piperazine rings is 1. The third-order valence-electron chi connectivity index (χ3n) is 5.07. The Bertz CT molecular complexity index is 963. The van der Waals surface area contributed by atoms with Gasteiger partial charge in [0.05, 0.1) is 5.75 Å². The van der Waals surface area contributed by atoms with Crippen LogP contribution in [0.5, 0.6) is 0 Å². The zero-order chi connectivity index (χ0) is 20.2. The molecule has 4 rings (SSSR count). The van der Waals surface area contributed by atoms with Crippen molar-refractivity contribution in [3.63, 3.8) is 0 Å². The second-order valence-electron chi connectivity index (χ2n) is 6.84. The highest BCUT2D eigenvalue weighted by Crippen LogP contribution is 2.26. The lowest BCUT2D eigenvalue weighted by Crippen LogP contribution is -2.49. The van der Waals surface area contributed by atoms with Crippen molar-refractivity contribution in [1.29, 1.82) is 0 Å². The van der Waals surface area contributed by atoms with E-state index in [1.165, 1.54) is 17.3 Å². The van der Waals surface area contributed by atoms with Crippen LogP contribution in [0.4, 0.5) is 5.13 Å². The van der Waals surface area contributed by atoms with Gasteiger partial charge in [0.25, 0.3) is 0 Å². The van der Waals surface area contributed by atoms with E-state index in [1.54, 1.807) is 11.3 Å². The summed E-state index contributed by atoms with van der Waals surface area (Å²) in [6.07, 6.45) is 1.82. The van der Waals surface area contributed by atoms with Gasteiger partial charge in [-0.1, -0.05) is 36.0 Å². The molecule has 0 aliphatic carbocycles. The Morgan fingerprint density at radius 2 is 1.97 bits per heavy atom. The van der Waals surface area contributed by atoms with Gasteiger partial charge >= 0.3 is 0 Å². The molecule has 2 aromatic heterocycles. The number of rotatable bonds is 6. The van der Waals surface area contributed by atoms with E-state index in [0.29, 0.717) is 5.75 Å². The number of aryl methyl sites for hydroxylation is 1. The minimum atomic E-state index is 0.150. The predicted molar refractivity (Wildman–Crippen MR) is 118 cm³/mol. The van der Waals surface area contributed by atoms with E-state index in [9.17, 15) is 4.79 Å². The van der Waals surface area contributed by atoms with Gasteiger partial charge in [0, 0.05) is 49.9 Å². The molecule has 0 saturated carbocycles. The molecule has 7 nitrogen and oxygen atoms in total. The van der Waals surface area contributed by atoms with Crippen LogP contribution in [0.25, 0.3) is 11.4 Å². The van der Waals surface area contributed by atoms with Crippen molar-refractivity contribution in [2.24, 2.45) is 0 Å². The maximum absolute atomic E-state index is 12.7. The molecule has 0 spiro atoms. The lowest BCUT2D eigenvalue weighted by atomic mass is 10.1. The topological polar surface area (TPSA) is 67.2 Å². The number of carbonyl (C=O) groups excluding carboxylic acids is 1. The molecule has 1 aliphatic rings. The SMILES string of the molecule is CCn1c(SCC(=O)N2CCN(c3nccs3)CC2)nnc1-c1ccccc1C. The number of carbonyl (C=O) groups is 1. The number of anilines is 1. The lowest BCUT2D eigenvalue weighted by Gasteiger charge is -2.34. The van der Waals surface area contributed by atoms with Crippen LogP contribution < -0.4 is 4.90 Å². The number of benzene rings is 1. The van der Waals surface area contributed by atoms with Gasteiger partial charge in [-0.05, 0) is 19.4 Å². The number of thioether (sulfide) groups is 1. The van der Waals surface area contributed by atoms with Crippen molar-refractivity contribution in [3.05, 3.63) is 41.4 Å². The average Bonchev–Trinajstić information content (AvgIpc) is 3.42. The fraction of sp³-hybridized carbons (Fsp3) is 0.400. The molecular weight excluding hydrogens is 404 g/mol. The van der Waals surface area contributed by atoms with Crippen LogP contribution in [0.1, 0.15) is 12.5 Å². The standard InChI is InChI=1S/C20H24N6OS2/c1-3-26-18(16-7-5-4-6-15(16)2)22-23-20(26)29-14-17(27)24-9-11-25(12-10-24)19-21-8-13-28-19/h4-8,13H,3,9-12,14H2,1-2H3. The molecule has 1 aromatic carbocycles. The maximum Gasteiger partial charge on any atom is 0.233 e. The van der Waals surface area contributed by atoms with Gasteiger partial charge in [0.2, 0.25) is 5.91 Å². The molecule has 0 N–H and O–H groups in total. The Hall–Kier alpha value is -2.39. The third-order valence-corrected chi connectivity index (χ3v) is 6.85. The summed E-state index contributed by atoms with van der Waals surface area (Å²) >= 11 is 3.11. The van der Waals surface area contributed by atoms with Crippen molar-refractivity contribution in [1.82, 2.24) is 24.6 Å². The number of hydrogen-bond donors (Lipinski definition) is 0. The predicted octanol–water partition coefficient (Wildman–Crippen LogP) is 3.17. The van der Waals surface area contributed by atoms with Crippen LogP contribution in [0.3, 0.4) is 0 Å². The lowest BCUT2D eigenvalue weighted by molar-refractivity contribution is -0.128. The summed E-state index contributed by atoms with van der Waals surface area (Å²) in [7, 11) is 0. The van der Waals surface area contributed by atoms with Gasteiger partial charge in [-0.2, -0.15) is 0 Å². The van der Waals surface area contributed by atoms with Crippen LogP contribution >= 0.6 is 23.1 Å². The molecule has 3 heterocycles. The number of aromatic nitrogens is 4. The van der Waals surface area contributed by atoms with Crippen molar-refractivity contribution in [2.75, 3.05) is 36.8 Å². The molecule has 1 fully saturated rings. The summed E-state index contributed by atoms with van der Waals surface area (Å²) < 4.78 is 2.08. The van der Waals surface area contributed by atoms with E-state index in [-0.39, 0.29) is 5.91 Å². The van der Waals surface area contributed by atoms with E-state index in [2.05, 4.69) is 50.6 Å². The first-order valence-corrected chi connectivity index (χ1v) is 11.6.